The number of hydrogen-bond acceptors (Lipinski definition) is 2. The lowest BCUT2D eigenvalue weighted by Crippen LogP contribution is -2.30. The van der Waals surface area contributed by atoms with Crippen molar-refractivity contribution >= 4 is 34.6 Å². The molecule has 1 aromatic rings. The van der Waals surface area contributed by atoms with Crippen LogP contribution in [0.3, 0.4) is 0 Å². The van der Waals surface area contributed by atoms with E-state index in [4.69, 9.17) is 28.6 Å². The molecule has 3 nitrogen and oxygen atoms in total. The third-order valence-corrected chi connectivity index (χ3v) is 2.98. The van der Waals surface area contributed by atoms with Crippen molar-refractivity contribution in [2.24, 2.45) is 0 Å². The van der Waals surface area contributed by atoms with E-state index >= 15 is 0 Å². The van der Waals surface area contributed by atoms with E-state index in [1.807, 2.05) is 32.0 Å². The van der Waals surface area contributed by atoms with Gasteiger partial charge in [0, 0.05) is 19.8 Å². The molecule has 0 aliphatic carbocycles. The fourth-order valence-electron chi connectivity index (χ4n) is 1.47. The summed E-state index contributed by atoms with van der Waals surface area (Å²) in [6, 6.07) is 5.75. The van der Waals surface area contributed by atoms with Crippen LogP contribution in [0.25, 0.3) is 0 Å². The normalized spacial score (nSPS) is 10.2. The molecule has 0 bridgehead atoms. The van der Waals surface area contributed by atoms with Crippen molar-refractivity contribution < 1.29 is 4.74 Å². The Balaban J connectivity index is 2.36. The summed E-state index contributed by atoms with van der Waals surface area (Å²) >= 11 is 11.3. The van der Waals surface area contributed by atoms with Gasteiger partial charge in [-0.05, 0) is 44.1 Å². The van der Waals surface area contributed by atoms with Crippen LogP contribution in [0.4, 0.5) is 5.69 Å². The third kappa shape index (κ3) is 5.21. The highest BCUT2D eigenvalue weighted by Gasteiger charge is 2.04. The quantitative estimate of drug-likeness (QED) is 0.621. The number of nitrogens with one attached hydrogen (secondary N) is 2. The Labute approximate surface area is 119 Å². The first-order valence-corrected chi connectivity index (χ1v) is 6.81. The molecule has 0 aromatic heterocycles. The zero-order valence-electron chi connectivity index (χ0n) is 10.8. The third-order valence-electron chi connectivity index (χ3n) is 2.42. The molecule has 0 aliphatic heterocycles. The Kier molecular flexibility index (Phi) is 7.01. The molecule has 1 rings (SSSR count). The minimum Gasteiger partial charge on any atom is -0.382 e. The molecule has 0 saturated carbocycles. The van der Waals surface area contributed by atoms with E-state index in [9.17, 15) is 0 Å². The number of rotatable bonds is 6. The van der Waals surface area contributed by atoms with E-state index < -0.39 is 0 Å². The zero-order chi connectivity index (χ0) is 13.4. The second kappa shape index (κ2) is 8.29. The van der Waals surface area contributed by atoms with Gasteiger partial charge >= 0.3 is 0 Å². The first-order valence-electron chi connectivity index (χ1n) is 6.03. The molecule has 1 aromatic carbocycles. The molecule has 0 unspecified atom stereocenters. The highest BCUT2D eigenvalue weighted by Crippen LogP contribution is 2.24. The predicted molar refractivity (Wildman–Crippen MR) is 81.5 cm³/mol. The van der Waals surface area contributed by atoms with E-state index in [-0.39, 0.29) is 0 Å². The lowest BCUT2D eigenvalue weighted by molar-refractivity contribution is 0.146. The largest absolute Gasteiger partial charge is 0.382 e. The molecule has 0 amide bonds. The van der Waals surface area contributed by atoms with E-state index in [1.54, 1.807) is 0 Å². The van der Waals surface area contributed by atoms with Crippen molar-refractivity contribution in [2.75, 3.05) is 25.1 Å². The molecule has 0 atom stereocenters. The van der Waals surface area contributed by atoms with E-state index in [0.29, 0.717) is 10.1 Å². The number of aryl methyl sites for hydroxylation is 1. The summed E-state index contributed by atoms with van der Waals surface area (Å²) in [5.74, 6) is 0. The number of hydrogen-bond donors (Lipinski definition) is 2. The van der Waals surface area contributed by atoms with Gasteiger partial charge < -0.3 is 15.4 Å². The lowest BCUT2D eigenvalue weighted by Gasteiger charge is -2.13. The number of halogens is 1. The summed E-state index contributed by atoms with van der Waals surface area (Å²) in [7, 11) is 0. The summed E-state index contributed by atoms with van der Waals surface area (Å²) < 4.78 is 5.25. The molecule has 0 radical (unpaired) electrons. The first kappa shape index (κ1) is 15.2. The van der Waals surface area contributed by atoms with Gasteiger partial charge in [-0.1, -0.05) is 23.7 Å². The number of para-hydroxylation sites is 1. The second-order valence-electron chi connectivity index (χ2n) is 3.86. The molecule has 100 valence electrons. The number of anilines is 1. The Hall–Kier alpha value is -0.840. The summed E-state index contributed by atoms with van der Waals surface area (Å²) in [6.45, 7) is 6.26. The van der Waals surface area contributed by atoms with Gasteiger partial charge in [-0.2, -0.15) is 0 Å². The van der Waals surface area contributed by atoms with E-state index in [2.05, 4.69) is 10.6 Å². The minimum atomic E-state index is 0.586. The van der Waals surface area contributed by atoms with Crippen molar-refractivity contribution in [1.82, 2.24) is 5.32 Å². The number of ether oxygens (including phenoxy) is 1. The number of thiocarbonyl (C=S) groups is 1. The molecule has 0 aliphatic rings. The van der Waals surface area contributed by atoms with Crippen molar-refractivity contribution in [2.45, 2.75) is 20.3 Å². The molecular weight excluding hydrogens is 268 g/mol. The van der Waals surface area contributed by atoms with Gasteiger partial charge in [0.05, 0.1) is 10.7 Å². The van der Waals surface area contributed by atoms with Crippen LogP contribution in [0.5, 0.6) is 0 Å². The Morgan fingerprint density at radius 2 is 2.22 bits per heavy atom. The summed E-state index contributed by atoms with van der Waals surface area (Å²) in [5, 5.41) is 7.50. The van der Waals surface area contributed by atoms with Crippen LogP contribution < -0.4 is 10.6 Å². The molecule has 0 fully saturated rings. The maximum absolute atomic E-state index is 6.11. The van der Waals surface area contributed by atoms with Crippen LogP contribution in [-0.4, -0.2) is 24.9 Å². The Bertz CT molecular complexity index is 378. The van der Waals surface area contributed by atoms with Gasteiger partial charge in [0.2, 0.25) is 0 Å². The minimum absolute atomic E-state index is 0.586. The topological polar surface area (TPSA) is 33.3 Å². The maximum atomic E-state index is 6.11. The summed E-state index contributed by atoms with van der Waals surface area (Å²) in [4.78, 5) is 0. The summed E-state index contributed by atoms with van der Waals surface area (Å²) in [6.07, 6.45) is 0.928. The highest BCUT2D eigenvalue weighted by atomic mass is 35.5. The van der Waals surface area contributed by atoms with Crippen LogP contribution in [-0.2, 0) is 4.74 Å². The van der Waals surface area contributed by atoms with Gasteiger partial charge in [-0.25, -0.2) is 0 Å². The van der Waals surface area contributed by atoms with E-state index in [1.165, 1.54) is 0 Å². The van der Waals surface area contributed by atoms with Crippen LogP contribution in [0, 0.1) is 6.92 Å². The van der Waals surface area contributed by atoms with Gasteiger partial charge in [-0.15, -0.1) is 0 Å². The Morgan fingerprint density at radius 1 is 1.44 bits per heavy atom. The van der Waals surface area contributed by atoms with Crippen molar-refractivity contribution in [3.8, 4) is 0 Å². The second-order valence-corrected chi connectivity index (χ2v) is 4.68. The average Bonchev–Trinajstić information content (AvgIpc) is 2.34. The molecule has 18 heavy (non-hydrogen) atoms. The SMILES string of the molecule is CCOCCCNC(=S)Nc1c(C)cccc1Cl. The lowest BCUT2D eigenvalue weighted by atomic mass is 10.2. The van der Waals surface area contributed by atoms with Crippen molar-refractivity contribution in [3.63, 3.8) is 0 Å². The maximum Gasteiger partial charge on any atom is 0.170 e. The van der Waals surface area contributed by atoms with Crippen LogP contribution in [0.1, 0.15) is 18.9 Å². The predicted octanol–water partition coefficient (Wildman–Crippen LogP) is 3.36. The zero-order valence-corrected chi connectivity index (χ0v) is 12.3. The first-order chi connectivity index (χ1) is 8.65. The Morgan fingerprint density at radius 3 is 2.89 bits per heavy atom. The van der Waals surface area contributed by atoms with Crippen LogP contribution in [0.15, 0.2) is 18.2 Å². The molecule has 2 N–H and O–H groups in total. The van der Waals surface area contributed by atoms with Gasteiger partial charge in [0.15, 0.2) is 5.11 Å². The standard InChI is InChI=1S/C13H19ClN2OS/c1-3-17-9-5-8-15-13(18)16-12-10(2)6-4-7-11(12)14/h4,6-7H,3,5,8-9H2,1-2H3,(H2,15,16,18). The molecular formula is C13H19ClN2OS. The monoisotopic (exact) mass is 286 g/mol. The van der Waals surface area contributed by atoms with E-state index in [0.717, 1.165) is 37.4 Å². The average molecular weight is 287 g/mol. The van der Waals surface area contributed by atoms with Gasteiger partial charge in [-0.3, -0.25) is 0 Å². The van der Waals surface area contributed by atoms with Gasteiger partial charge in [0.25, 0.3) is 0 Å². The summed E-state index contributed by atoms with van der Waals surface area (Å²) in [5.41, 5.74) is 1.93. The van der Waals surface area contributed by atoms with Crippen LogP contribution >= 0.6 is 23.8 Å². The van der Waals surface area contributed by atoms with Crippen LogP contribution in [0.2, 0.25) is 5.02 Å². The number of benzene rings is 1. The molecule has 0 spiro atoms. The molecule has 0 saturated heterocycles. The van der Waals surface area contributed by atoms with Gasteiger partial charge in [0.1, 0.15) is 0 Å². The van der Waals surface area contributed by atoms with Crippen molar-refractivity contribution in [3.05, 3.63) is 28.8 Å². The van der Waals surface area contributed by atoms with Crippen molar-refractivity contribution in [1.29, 1.82) is 0 Å². The highest BCUT2D eigenvalue weighted by molar-refractivity contribution is 7.80. The fourth-order valence-corrected chi connectivity index (χ4v) is 1.94. The fraction of sp³-hybridized carbons (Fsp3) is 0.462. The molecule has 0 heterocycles. The molecule has 5 heteroatoms. The smallest absolute Gasteiger partial charge is 0.170 e.